The highest BCUT2D eigenvalue weighted by molar-refractivity contribution is 5.80. The first kappa shape index (κ1) is 21.4. The minimum absolute atomic E-state index is 0.228. The summed E-state index contributed by atoms with van der Waals surface area (Å²) in [5, 5.41) is 6.44. The average molecular weight is 403 g/mol. The van der Waals surface area contributed by atoms with Crippen LogP contribution in [0.25, 0.3) is 0 Å². The second-order valence-corrected chi connectivity index (χ2v) is 9.01. The van der Waals surface area contributed by atoms with Gasteiger partial charge in [-0.1, -0.05) is 30.3 Å². The van der Waals surface area contributed by atoms with E-state index >= 15 is 0 Å². The molecule has 1 aromatic rings. The molecule has 0 aliphatic carbocycles. The van der Waals surface area contributed by atoms with Gasteiger partial charge in [-0.15, -0.1) is 0 Å². The van der Waals surface area contributed by atoms with Crippen LogP contribution >= 0.6 is 0 Å². The number of benzene rings is 1. The van der Waals surface area contributed by atoms with E-state index in [9.17, 15) is 4.79 Å². The summed E-state index contributed by atoms with van der Waals surface area (Å²) in [6, 6.07) is 9.69. The lowest BCUT2D eigenvalue weighted by atomic mass is 9.87. The van der Waals surface area contributed by atoms with Crippen LogP contribution in [-0.2, 0) is 9.47 Å². The fourth-order valence-corrected chi connectivity index (χ4v) is 4.00. The van der Waals surface area contributed by atoms with Gasteiger partial charge in [0.2, 0.25) is 0 Å². The Balaban J connectivity index is 1.63. The van der Waals surface area contributed by atoms with Crippen LogP contribution in [0.4, 0.5) is 4.79 Å². The fourth-order valence-electron chi connectivity index (χ4n) is 4.00. The molecule has 2 aliphatic heterocycles. The van der Waals surface area contributed by atoms with E-state index in [1.165, 1.54) is 0 Å². The molecule has 7 heteroatoms. The molecule has 160 valence electrons. The first-order valence-corrected chi connectivity index (χ1v) is 10.4. The van der Waals surface area contributed by atoms with Gasteiger partial charge in [-0.25, -0.2) is 4.79 Å². The normalized spacial score (nSPS) is 23.3. The molecule has 2 fully saturated rings. The molecule has 7 nitrogen and oxygen atoms in total. The van der Waals surface area contributed by atoms with E-state index < -0.39 is 11.7 Å². The maximum Gasteiger partial charge on any atom is 0.408 e. The number of nitrogens with zero attached hydrogens (tertiary/aromatic N) is 2. The lowest BCUT2D eigenvalue weighted by molar-refractivity contribution is 0.0504. The second-order valence-electron chi connectivity index (χ2n) is 9.01. The number of amides is 1. The summed E-state index contributed by atoms with van der Waals surface area (Å²) in [5.41, 5.74) is 0.746. The molecule has 1 spiro atoms. The third-order valence-corrected chi connectivity index (χ3v) is 5.49. The highest BCUT2D eigenvalue weighted by Gasteiger charge is 2.42. The lowest BCUT2D eigenvalue weighted by Crippen LogP contribution is -2.45. The minimum atomic E-state index is -0.540. The maximum absolute atomic E-state index is 12.4. The summed E-state index contributed by atoms with van der Waals surface area (Å²) >= 11 is 0. The topological polar surface area (TPSA) is 75.2 Å². The number of aliphatic imine (C=N–C) groups is 1. The fraction of sp³-hybridized carbons (Fsp3) is 0.636. The number of guanidine groups is 1. The largest absolute Gasteiger partial charge is 0.444 e. The Kier molecular flexibility index (Phi) is 6.67. The highest BCUT2D eigenvalue weighted by atomic mass is 16.6. The van der Waals surface area contributed by atoms with Gasteiger partial charge in [0.05, 0.1) is 12.6 Å². The molecule has 2 atom stereocenters. The first-order chi connectivity index (χ1) is 13.8. The smallest absolute Gasteiger partial charge is 0.408 e. The van der Waals surface area contributed by atoms with Gasteiger partial charge in [0.25, 0.3) is 0 Å². The van der Waals surface area contributed by atoms with Gasteiger partial charge in [-0.05, 0) is 39.2 Å². The van der Waals surface area contributed by atoms with E-state index in [0.29, 0.717) is 6.54 Å². The number of carbonyl (C=O) groups excluding carboxylic acids is 1. The van der Waals surface area contributed by atoms with Crippen LogP contribution in [0.1, 0.15) is 45.2 Å². The molecule has 0 aromatic heterocycles. The number of nitrogens with one attached hydrogen (secondary N) is 2. The molecule has 3 rings (SSSR count). The SMILES string of the molecule is CN=C(NCC(NC(=O)OC(C)(C)C)c1ccccc1)N1CCC2(CCOC2)C1. The Morgan fingerprint density at radius 3 is 2.69 bits per heavy atom. The van der Waals surface area contributed by atoms with Gasteiger partial charge in [0.15, 0.2) is 5.96 Å². The van der Waals surface area contributed by atoms with Crippen molar-refractivity contribution < 1.29 is 14.3 Å². The molecular weight excluding hydrogens is 368 g/mol. The monoisotopic (exact) mass is 402 g/mol. The lowest BCUT2D eigenvalue weighted by Gasteiger charge is -2.27. The number of hydrogen-bond donors (Lipinski definition) is 2. The Bertz CT molecular complexity index is 709. The third kappa shape index (κ3) is 5.85. The van der Waals surface area contributed by atoms with E-state index in [1.54, 1.807) is 7.05 Å². The van der Waals surface area contributed by atoms with E-state index in [-0.39, 0.29) is 11.5 Å². The van der Waals surface area contributed by atoms with E-state index in [0.717, 1.165) is 50.7 Å². The highest BCUT2D eigenvalue weighted by Crippen LogP contribution is 2.38. The van der Waals surface area contributed by atoms with E-state index in [2.05, 4.69) is 20.5 Å². The standard InChI is InChI=1S/C22H34N4O3/c1-21(2,3)29-20(27)25-18(17-8-6-5-7-9-17)14-24-19(23-4)26-12-10-22(15-26)11-13-28-16-22/h5-9,18H,10-16H2,1-4H3,(H,23,24)(H,25,27). The van der Waals surface area contributed by atoms with Gasteiger partial charge < -0.3 is 25.0 Å². The van der Waals surface area contributed by atoms with Gasteiger partial charge in [-0.3, -0.25) is 4.99 Å². The van der Waals surface area contributed by atoms with Crippen molar-refractivity contribution in [2.45, 2.75) is 45.3 Å². The number of alkyl carbamates (subject to hydrolysis) is 1. The van der Waals surface area contributed by atoms with Gasteiger partial charge in [0.1, 0.15) is 5.60 Å². The predicted molar refractivity (Wildman–Crippen MR) is 114 cm³/mol. The van der Waals surface area contributed by atoms with E-state index in [1.807, 2.05) is 51.1 Å². The minimum Gasteiger partial charge on any atom is -0.444 e. The average Bonchev–Trinajstić information content (AvgIpc) is 3.30. The molecule has 2 saturated heterocycles. The Hall–Kier alpha value is -2.28. The summed E-state index contributed by atoms with van der Waals surface area (Å²) in [7, 11) is 1.80. The van der Waals surface area contributed by atoms with Crippen molar-refractivity contribution in [1.82, 2.24) is 15.5 Å². The molecule has 0 radical (unpaired) electrons. The molecule has 2 heterocycles. The van der Waals surface area contributed by atoms with Crippen molar-refractivity contribution in [2.24, 2.45) is 10.4 Å². The van der Waals surface area contributed by atoms with Crippen molar-refractivity contribution in [3.63, 3.8) is 0 Å². The quantitative estimate of drug-likeness (QED) is 0.598. The van der Waals surface area contributed by atoms with Crippen LogP contribution in [0.5, 0.6) is 0 Å². The molecular formula is C22H34N4O3. The summed E-state index contributed by atoms with van der Waals surface area (Å²) in [4.78, 5) is 19.1. The van der Waals surface area contributed by atoms with Crippen molar-refractivity contribution in [3.8, 4) is 0 Å². The molecule has 29 heavy (non-hydrogen) atoms. The van der Waals surface area contributed by atoms with Crippen molar-refractivity contribution in [3.05, 3.63) is 35.9 Å². The third-order valence-electron chi connectivity index (χ3n) is 5.49. The van der Waals surface area contributed by atoms with Crippen LogP contribution in [0.3, 0.4) is 0 Å². The predicted octanol–water partition coefficient (Wildman–Crippen LogP) is 2.94. The molecule has 2 unspecified atom stereocenters. The van der Waals surface area contributed by atoms with Crippen LogP contribution in [0, 0.1) is 5.41 Å². The molecule has 0 bridgehead atoms. The molecule has 1 aromatic carbocycles. The van der Waals surface area contributed by atoms with Gasteiger partial charge >= 0.3 is 6.09 Å². The molecule has 2 N–H and O–H groups in total. The van der Waals surface area contributed by atoms with E-state index in [4.69, 9.17) is 9.47 Å². The number of likely N-dealkylation sites (tertiary alicyclic amines) is 1. The first-order valence-electron chi connectivity index (χ1n) is 10.4. The summed E-state index contributed by atoms with van der Waals surface area (Å²) in [6.07, 6.45) is 1.82. The van der Waals surface area contributed by atoms with Gasteiger partial charge in [0, 0.05) is 38.7 Å². The van der Waals surface area contributed by atoms with Crippen molar-refractivity contribution in [1.29, 1.82) is 0 Å². The Labute approximate surface area is 173 Å². The molecule has 0 saturated carbocycles. The number of carbonyl (C=O) groups is 1. The Morgan fingerprint density at radius 2 is 2.07 bits per heavy atom. The molecule has 1 amide bonds. The van der Waals surface area contributed by atoms with Crippen molar-refractivity contribution in [2.75, 3.05) is 39.9 Å². The number of hydrogen-bond acceptors (Lipinski definition) is 4. The number of rotatable bonds is 4. The maximum atomic E-state index is 12.4. The zero-order chi connectivity index (χ0) is 20.9. The van der Waals surface area contributed by atoms with Crippen LogP contribution in [0.15, 0.2) is 35.3 Å². The van der Waals surface area contributed by atoms with Crippen LogP contribution in [-0.4, -0.2) is 62.4 Å². The molecule has 2 aliphatic rings. The second kappa shape index (κ2) is 9.03. The van der Waals surface area contributed by atoms with Crippen molar-refractivity contribution >= 4 is 12.1 Å². The summed E-state index contributed by atoms with van der Waals surface area (Å²) < 4.78 is 11.1. The zero-order valence-corrected chi connectivity index (χ0v) is 18.0. The van der Waals surface area contributed by atoms with Crippen LogP contribution < -0.4 is 10.6 Å². The van der Waals surface area contributed by atoms with Gasteiger partial charge in [-0.2, -0.15) is 0 Å². The Morgan fingerprint density at radius 1 is 1.31 bits per heavy atom. The summed E-state index contributed by atoms with van der Waals surface area (Å²) in [5.74, 6) is 0.862. The number of ether oxygens (including phenoxy) is 2. The summed E-state index contributed by atoms with van der Waals surface area (Å²) in [6.45, 7) is 9.74. The zero-order valence-electron chi connectivity index (χ0n) is 18.0. The van der Waals surface area contributed by atoms with Crippen LogP contribution in [0.2, 0.25) is 0 Å².